The van der Waals surface area contributed by atoms with Crippen molar-refractivity contribution in [3.05, 3.63) is 30.3 Å². The molecule has 5 rings (SSSR count). The van der Waals surface area contributed by atoms with Gasteiger partial charge < -0.3 is 14.7 Å². The van der Waals surface area contributed by atoms with Gasteiger partial charge in [0.15, 0.2) is 0 Å². The van der Waals surface area contributed by atoms with Crippen LogP contribution in [0.25, 0.3) is 0 Å². The first-order valence-electron chi connectivity index (χ1n) is 11.9. The zero-order valence-electron chi connectivity index (χ0n) is 18.8. The molecule has 3 saturated heterocycles. The molecule has 3 aliphatic heterocycles. The highest BCUT2D eigenvalue weighted by Crippen LogP contribution is 2.32. The third-order valence-electron chi connectivity index (χ3n) is 7.64. The second-order valence-electron chi connectivity index (χ2n) is 9.73. The lowest BCUT2D eigenvalue weighted by Gasteiger charge is -2.41. The van der Waals surface area contributed by atoms with Gasteiger partial charge in [-0.2, -0.15) is 0 Å². The molecule has 1 N–H and O–H groups in total. The minimum Gasteiger partial charge on any atom is -0.339 e. The number of carbonyl (C=O) groups excluding carboxylic acids is 3. The number of nitrogens with one attached hydrogen (secondary N) is 1. The quantitative estimate of drug-likeness (QED) is 0.759. The summed E-state index contributed by atoms with van der Waals surface area (Å²) >= 11 is 0. The highest BCUT2D eigenvalue weighted by Gasteiger charge is 2.51. The number of nitrogens with zero attached hydrogens (tertiary/aromatic N) is 4. The number of fused-ring (bicyclic) bond motifs is 1. The molecule has 4 aliphatic rings. The van der Waals surface area contributed by atoms with Gasteiger partial charge in [0.25, 0.3) is 0 Å². The van der Waals surface area contributed by atoms with Gasteiger partial charge in [-0.05, 0) is 32.0 Å². The molecule has 8 heteroatoms. The predicted molar refractivity (Wildman–Crippen MR) is 120 cm³/mol. The number of hydrogen-bond donors (Lipinski definition) is 1. The minimum absolute atomic E-state index is 0.0255. The summed E-state index contributed by atoms with van der Waals surface area (Å²) in [4.78, 5) is 45.4. The molecule has 3 unspecified atom stereocenters. The maximum Gasteiger partial charge on any atom is 0.247 e. The highest BCUT2D eigenvalue weighted by molar-refractivity contribution is 5.98. The fourth-order valence-electron chi connectivity index (χ4n) is 5.87. The molecule has 1 aromatic carbocycles. The van der Waals surface area contributed by atoms with Crippen LogP contribution in [0.4, 0.5) is 5.69 Å². The van der Waals surface area contributed by atoms with Gasteiger partial charge in [-0.15, -0.1) is 0 Å². The average molecular weight is 440 g/mol. The van der Waals surface area contributed by atoms with Crippen molar-refractivity contribution in [3.8, 4) is 0 Å². The first-order chi connectivity index (χ1) is 15.5. The molecule has 172 valence electrons. The van der Waals surface area contributed by atoms with E-state index in [-0.39, 0.29) is 41.5 Å². The third kappa shape index (κ3) is 3.90. The van der Waals surface area contributed by atoms with E-state index in [0.717, 1.165) is 31.4 Å². The zero-order chi connectivity index (χ0) is 22.2. The lowest BCUT2D eigenvalue weighted by Crippen LogP contribution is -2.59. The van der Waals surface area contributed by atoms with Crippen molar-refractivity contribution in [2.75, 3.05) is 51.3 Å². The van der Waals surface area contributed by atoms with E-state index in [9.17, 15) is 14.4 Å². The van der Waals surface area contributed by atoms with Crippen LogP contribution in [-0.2, 0) is 14.4 Å². The topological polar surface area (TPSA) is 76.2 Å². The van der Waals surface area contributed by atoms with Crippen molar-refractivity contribution in [3.63, 3.8) is 0 Å². The van der Waals surface area contributed by atoms with Gasteiger partial charge in [0.05, 0.1) is 23.6 Å². The van der Waals surface area contributed by atoms with Gasteiger partial charge in [-0.25, -0.2) is 10.4 Å². The molecule has 3 amide bonds. The summed E-state index contributed by atoms with van der Waals surface area (Å²) in [6.45, 7) is 3.65. The van der Waals surface area contributed by atoms with E-state index in [1.807, 2.05) is 47.2 Å². The van der Waals surface area contributed by atoms with E-state index in [4.69, 9.17) is 0 Å². The SMILES string of the molecule is CN1CC(C(=O)N2CCN(C(=O)C3CCCC3)CC2)C2NN(c3ccccc3)C(=O)C2C1. The molecule has 0 spiro atoms. The van der Waals surface area contributed by atoms with Crippen LogP contribution >= 0.6 is 0 Å². The van der Waals surface area contributed by atoms with Crippen LogP contribution in [0, 0.1) is 17.8 Å². The molecule has 1 aliphatic carbocycles. The van der Waals surface area contributed by atoms with Crippen LogP contribution in [0.2, 0.25) is 0 Å². The first-order valence-corrected chi connectivity index (χ1v) is 11.9. The summed E-state index contributed by atoms with van der Waals surface area (Å²) < 4.78 is 0. The number of rotatable bonds is 3. The molecule has 3 heterocycles. The molecule has 8 nitrogen and oxygen atoms in total. The maximum atomic E-state index is 13.5. The lowest BCUT2D eigenvalue weighted by molar-refractivity contribution is -0.146. The van der Waals surface area contributed by atoms with Gasteiger partial charge in [-0.1, -0.05) is 31.0 Å². The van der Waals surface area contributed by atoms with E-state index in [1.54, 1.807) is 5.01 Å². The van der Waals surface area contributed by atoms with Crippen LogP contribution in [0.3, 0.4) is 0 Å². The highest BCUT2D eigenvalue weighted by atomic mass is 16.2. The van der Waals surface area contributed by atoms with Crippen LogP contribution in [0.15, 0.2) is 30.3 Å². The Labute approximate surface area is 189 Å². The Morgan fingerprint density at radius 3 is 2.19 bits per heavy atom. The van der Waals surface area contributed by atoms with Crippen molar-refractivity contribution >= 4 is 23.4 Å². The van der Waals surface area contributed by atoms with Crippen LogP contribution in [0.5, 0.6) is 0 Å². The number of likely N-dealkylation sites (tertiary alicyclic amines) is 1. The largest absolute Gasteiger partial charge is 0.339 e. The van der Waals surface area contributed by atoms with E-state index in [0.29, 0.717) is 39.3 Å². The summed E-state index contributed by atoms with van der Waals surface area (Å²) in [5.41, 5.74) is 4.16. The van der Waals surface area contributed by atoms with E-state index in [2.05, 4.69) is 10.3 Å². The zero-order valence-corrected chi connectivity index (χ0v) is 18.8. The Hall–Kier alpha value is -2.45. The van der Waals surface area contributed by atoms with Crippen molar-refractivity contribution in [1.82, 2.24) is 20.1 Å². The maximum absolute atomic E-state index is 13.5. The number of para-hydroxylation sites is 1. The predicted octanol–water partition coefficient (Wildman–Crippen LogP) is 0.945. The number of hydrogen-bond acceptors (Lipinski definition) is 5. The fraction of sp³-hybridized carbons (Fsp3) is 0.625. The summed E-state index contributed by atoms with van der Waals surface area (Å²) in [7, 11) is 1.98. The van der Waals surface area contributed by atoms with Gasteiger partial charge >= 0.3 is 0 Å². The molecule has 1 aromatic rings. The summed E-state index contributed by atoms with van der Waals surface area (Å²) in [6, 6.07) is 9.35. The monoisotopic (exact) mass is 439 g/mol. The van der Waals surface area contributed by atoms with Gasteiger partial charge in [0, 0.05) is 45.2 Å². The summed E-state index contributed by atoms with van der Waals surface area (Å²) in [5.74, 6) is 0.0465. The Morgan fingerprint density at radius 2 is 1.53 bits per heavy atom. The molecule has 32 heavy (non-hydrogen) atoms. The molecular weight excluding hydrogens is 406 g/mol. The Bertz CT molecular complexity index is 864. The number of amides is 3. The Balaban J connectivity index is 1.25. The average Bonchev–Trinajstić information content (AvgIpc) is 3.47. The number of benzene rings is 1. The smallest absolute Gasteiger partial charge is 0.247 e. The van der Waals surface area contributed by atoms with Crippen molar-refractivity contribution in [1.29, 1.82) is 0 Å². The molecule has 0 bridgehead atoms. The number of piperazine rings is 1. The number of anilines is 1. The number of carbonyl (C=O) groups is 3. The first kappa shape index (κ1) is 21.4. The molecular formula is C24H33N5O3. The number of piperidine rings is 1. The second kappa shape index (κ2) is 8.83. The fourth-order valence-corrected chi connectivity index (χ4v) is 5.87. The second-order valence-corrected chi connectivity index (χ2v) is 9.73. The normalized spacial score (nSPS) is 29.5. The van der Waals surface area contributed by atoms with Crippen LogP contribution < -0.4 is 10.4 Å². The Morgan fingerprint density at radius 1 is 0.906 bits per heavy atom. The lowest BCUT2D eigenvalue weighted by atomic mass is 9.84. The minimum atomic E-state index is -0.284. The van der Waals surface area contributed by atoms with Gasteiger partial charge in [0.1, 0.15) is 0 Å². The van der Waals surface area contributed by atoms with Crippen molar-refractivity contribution in [2.45, 2.75) is 31.7 Å². The van der Waals surface area contributed by atoms with Crippen molar-refractivity contribution < 1.29 is 14.4 Å². The van der Waals surface area contributed by atoms with Gasteiger partial charge in [0.2, 0.25) is 17.7 Å². The van der Waals surface area contributed by atoms with E-state index in [1.165, 1.54) is 0 Å². The standard InChI is InChI=1S/C24H33N5O3/c1-26-15-19(21-20(16-26)24(32)29(25-21)18-9-3-2-4-10-18)23(31)28-13-11-27(12-14-28)22(30)17-7-5-6-8-17/h2-4,9-10,17,19-21,25H,5-8,11-16H2,1H3. The van der Waals surface area contributed by atoms with Crippen LogP contribution in [-0.4, -0.2) is 84.8 Å². The Kier molecular flexibility index (Phi) is 5.90. The number of hydrazine groups is 1. The van der Waals surface area contributed by atoms with Gasteiger partial charge in [-0.3, -0.25) is 14.4 Å². The molecule has 1 saturated carbocycles. The molecule has 4 fully saturated rings. The summed E-state index contributed by atoms with van der Waals surface area (Å²) in [6.07, 6.45) is 4.32. The van der Waals surface area contributed by atoms with Crippen molar-refractivity contribution in [2.24, 2.45) is 17.8 Å². The molecule has 3 atom stereocenters. The summed E-state index contributed by atoms with van der Waals surface area (Å²) in [5, 5.41) is 1.62. The molecule has 0 radical (unpaired) electrons. The van der Waals surface area contributed by atoms with E-state index >= 15 is 0 Å². The molecule has 0 aromatic heterocycles. The third-order valence-corrected chi connectivity index (χ3v) is 7.64. The van der Waals surface area contributed by atoms with E-state index < -0.39 is 0 Å². The van der Waals surface area contributed by atoms with Crippen LogP contribution in [0.1, 0.15) is 25.7 Å².